The molecule has 5 heteroatoms. The monoisotopic (exact) mass is 263 g/mol. The Kier molecular flexibility index (Phi) is 5.14. The van der Waals surface area contributed by atoms with Crippen LogP contribution in [0.1, 0.15) is 43.7 Å². The largest absolute Gasteiger partial charge is 0.330 e. The maximum Gasteiger partial charge on any atom is 0.195 e. The maximum absolute atomic E-state index is 14.0. The van der Waals surface area contributed by atoms with Gasteiger partial charge in [-0.25, -0.2) is 17.6 Å². The summed E-state index contributed by atoms with van der Waals surface area (Å²) in [4.78, 5) is 0. The Morgan fingerprint density at radius 2 is 1.50 bits per heavy atom. The van der Waals surface area contributed by atoms with Crippen LogP contribution in [0.15, 0.2) is 0 Å². The summed E-state index contributed by atoms with van der Waals surface area (Å²) in [6.07, 6.45) is 1.04. The van der Waals surface area contributed by atoms with Gasteiger partial charge in [0.15, 0.2) is 17.5 Å². The van der Waals surface area contributed by atoms with E-state index in [1.807, 2.05) is 0 Å². The molecular formula is C13H17F4N. The summed E-state index contributed by atoms with van der Waals surface area (Å²) in [6, 6.07) is 0. The highest BCUT2D eigenvalue weighted by atomic mass is 19.2. The van der Waals surface area contributed by atoms with E-state index in [1.165, 1.54) is 13.8 Å². The Hall–Kier alpha value is -1.10. The van der Waals surface area contributed by atoms with E-state index in [2.05, 4.69) is 0 Å². The van der Waals surface area contributed by atoms with Crippen molar-refractivity contribution in [3.8, 4) is 0 Å². The van der Waals surface area contributed by atoms with Crippen LogP contribution in [0.5, 0.6) is 0 Å². The molecule has 1 rings (SSSR count). The van der Waals surface area contributed by atoms with Gasteiger partial charge in [-0.15, -0.1) is 0 Å². The highest BCUT2D eigenvalue weighted by Crippen LogP contribution is 2.30. The topological polar surface area (TPSA) is 26.0 Å². The van der Waals surface area contributed by atoms with Crippen molar-refractivity contribution in [3.63, 3.8) is 0 Å². The Labute approximate surface area is 104 Å². The Balaban J connectivity index is 3.24. The van der Waals surface area contributed by atoms with Crippen molar-refractivity contribution in [3.05, 3.63) is 34.4 Å². The van der Waals surface area contributed by atoms with E-state index in [9.17, 15) is 17.6 Å². The molecule has 1 aromatic rings. The minimum absolute atomic E-state index is 0.0196. The fourth-order valence-electron chi connectivity index (χ4n) is 1.87. The quantitative estimate of drug-likeness (QED) is 0.373. The van der Waals surface area contributed by atoms with E-state index in [-0.39, 0.29) is 12.0 Å². The zero-order valence-electron chi connectivity index (χ0n) is 10.5. The molecule has 2 N–H and O–H groups in total. The number of benzene rings is 1. The van der Waals surface area contributed by atoms with E-state index in [1.54, 1.807) is 0 Å². The van der Waals surface area contributed by atoms with Gasteiger partial charge in [0.05, 0.1) is 0 Å². The molecule has 0 saturated carbocycles. The second kappa shape index (κ2) is 6.18. The lowest BCUT2D eigenvalue weighted by molar-refractivity contribution is 0.409. The zero-order chi connectivity index (χ0) is 13.9. The zero-order valence-corrected chi connectivity index (χ0v) is 10.5. The maximum atomic E-state index is 14.0. The first-order valence-corrected chi connectivity index (χ1v) is 5.96. The number of halogens is 4. The average Bonchev–Trinajstić information content (AvgIpc) is 2.30. The Morgan fingerprint density at radius 1 is 0.889 bits per heavy atom. The number of unbranched alkanes of at least 4 members (excludes halogenated alkanes) is 1. The first-order valence-electron chi connectivity index (χ1n) is 5.96. The van der Waals surface area contributed by atoms with E-state index in [0.717, 1.165) is 0 Å². The number of hydrogen-bond acceptors (Lipinski definition) is 1. The molecule has 1 aromatic carbocycles. The number of rotatable bonds is 5. The van der Waals surface area contributed by atoms with Gasteiger partial charge in [0.25, 0.3) is 0 Å². The molecular weight excluding hydrogens is 246 g/mol. The third-order valence-corrected chi connectivity index (χ3v) is 2.85. The van der Waals surface area contributed by atoms with Gasteiger partial charge in [0, 0.05) is 11.1 Å². The summed E-state index contributed by atoms with van der Waals surface area (Å²) in [7, 11) is 0. The van der Waals surface area contributed by atoms with Crippen molar-refractivity contribution >= 4 is 0 Å². The summed E-state index contributed by atoms with van der Waals surface area (Å²) < 4.78 is 54.3. The van der Waals surface area contributed by atoms with Gasteiger partial charge in [-0.2, -0.15) is 0 Å². The van der Waals surface area contributed by atoms with Crippen LogP contribution >= 0.6 is 0 Å². The molecule has 0 aliphatic heterocycles. The molecule has 0 aromatic heterocycles. The second-order valence-corrected chi connectivity index (χ2v) is 4.55. The van der Waals surface area contributed by atoms with Gasteiger partial charge in [0.1, 0.15) is 5.82 Å². The molecule has 1 nitrogen and oxygen atoms in total. The lowest BCUT2D eigenvalue weighted by Crippen LogP contribution is -2.10. The van der Waals surface area contributed by atoms with E-state index < -0.39 is 34.8 Å². The van der Waals surface area contributed by atoms with Crippen LogP contribution in [0, 0.1) is 23.3 Å². The fourth-order valence-corrected chi connectivity index (χ4v) is 1.87. The highest BCUT2D eigenvalue weighted by molar-refractivity contribution is 5.32. The minimum Gasteiger partial charge on any atom is -0.330 e. The van der Waals surface area contributed by atoms with E-state index in [0.29, 0.717) is 19.4 Å². The summed E-state index contributed by atoms with van der Waals surface area (Å²) in [5.41, 5.74) is 4.50. The van der Waals surface area contributed by atoms with Crippen LogP contribution in [-0.4, -0.2) is 6.54 Å². The SMILES string of the molecule is CC(C)c1c(F)c(F)c(F)c(CCCCN)c1F. The van der Waals surface area contributed by atoms with Gasteiger partial charge in [0.2, 0.25) is 0 Å². The Bertz CT molecular complexity index is 430. The molecule has 0 amide bonds. The fraction of sp³-hybridized carbons (Fsp3) is 0.538. The van der Waals surface area contributed by atoms with Crippen LogP contribution in [0.4, 0.5) is 17.6 Å². The van der Waals surface area contributed by atoms with Gasteiger partial charge in [-0.3, -0.25) is 0 Å². The average molecular weight is 263 g/mol. The van der Waals surface area contributed by atoms with Crippen molar-refractivity contribution in [2.75, 3.05) is 6.54 Å². The summed E-state index contributed by atoms with van der Waals surface area (Å²) in [5, 5.41) is 0. The lowest BCUT2D eigenvalue weighted by Gasteiger charge is -2.14. The predicted octanol–water partition coefficient (Wildman–Crippen LogP) is 3.65. The van der Waals surface area contributed by atoms with Crippen molar-refractivity contribution in [2.45, 2.75) is 39.0 Å². The van der Waals surface area contributed by atoms with Gasteiger partial charge in [-0.1, -0.05) is 13.8 Å². The molecule has 0 heterocycles. The van der Waals surface area contributed by atoms with Gasteiger partial charge >= 0.3 is 0 Å². The molecule has 0 spiro atoms. The summed E-state index contributed by atoms with van der Waals surface area (Å²) in [6.45, 7) is 3.45. The first kappa shape index (κ1) is 15.0. The first-order chi connectivity index (χ1) is 8.41. The van der Waals surface area contributed by atoms with Crippen LogP contribution < -0.4 is 5.73 Å². The van der Waals surface area contributed by atoms with E-state index >= 15 is 0 Å². The molecule has 0 bridgehead atoms. The predicted molar refractivity (Wildman–Crippen MR) is 62.4 cm³/mol. The summed E-state index contributed by atoms with van der Waals surface area (Å²) in [5.74, 6) is -5.97. The molecule has 0 saturated heterocycles. The minimum atomic E-state index is -1.59. The van der Waals surface area contributed by atoms with Crippen LogP contribution in [-0.2, 0) is 6.42 Å². The molecule has 0 radical (unpaired) electrons. The summed E-state index contributed by atoms with van der Waals surface area (Å²) >= 11 is 0. The molecule has 0 atom stereocenters. The van der Waals surface area contributed by atoms with Crippen molar-refractivity contribution in [1.82, 2.24) is 0 Å². The second-order valence-electron chi connectivity index (χ2n) is 4.55. The Morgan fingerprint density at radius 3 is 2.00 bits per heavy atom. The molecule has 102 valence electrons. The number of nitrogens with two attached hydrogens (primary N) is 1. The van der Waals surface area contributed by atoms with Gasteiger partial charge in [-0.05, 0) is 31.7 Å². The molecule has 0 aliphatic rings. The highest BCUT2D eigenvalue weighted by Gasteiger charge is 2.26. The lowest BCUT2D eigenvalue weighted by atomic mass is 9.96. The van der Waals surface area contributed by atoms with E-state index in [4.69, 9.17) is 5.73 Å². The standard InChI is InChI=1S/C13H17F4N/c1-7(2)9-10(14)8(5-3-4-6-18)11(15)13(17)12(9)16/h7H,3-6,18H2,1-2H3. The third-order valence-electron chi connectivity index (χ3n) is 2.85. The van der Waals surface area contributed by atoms with Gasteiger partial charge < -0.3 is 5.73 Å². The van der Waals surface area contributed by atoms with Crippen molar-refractivity contribution in [2.24, 2.45) is 5.73 Å². The molecule has 0 aliphatic carbocycles. The molecule has 18 heavy (non-hydrogen) atoms. The number of hydrogen-bond donors (Lipinski definition) is 1. The third kappa shape index (κ3) is 2.83. The normalized spacial score (nSPS) is 11.3. The molecule has 0 unspecified atom stereocenters. The molecule has 0 fully saturated rings. The van der Waals surface area contributed by atoms with Crippen LogP contribution in [0.25, 0.3) is 0 Å². The van der Waals surface area contributed by atoms with Crippen molar-refractivity contribution in [1.29, 1.82) is 0 Å². The van der Waals surface area contributed by atoms with Crippen LogP contribution in [0.2, 0.25) is 0 Å². The van der Waals surface area contributed by atoms with Crippen LogP contribution in [0.3, 0.4) is 0 Å². The smallest absolute Gasteiger partial charge is 0.195 e. The van der Waals surface area contributed by atoms with Crippen molar-refractivity contribution < 1.29 is 17.6 Å².